The molecule has 0 unspecified atom stereocenters. The van der Waals surface area contributed by atoms with Gasteiger partial charge in [0.25, 0.3) is 0 Å². The largest absolute Gasteiger partial charge is 0.494 e. The molecule has 0 amide bonds. The Morgan fingerprint density at radius 3 is 2.50 bits per heavy atom. The van der Waals surface area contributed by atoms with E-state index < -0.39 is 18.0 Å². The minimum atomic E-state index is -0.862. The quantitative estimate of drug-likeness (QED) is 0.881. The van der Waals surface area contributed by atoms with E-state index in [2.05, 4.69) is 0 Å². The SMILES string of the molecule is COc1cccc([C@H](N)[C@H](O)Cc2ccccc2)c1F. The zero-order chi connectivity index (χ0) is 14.5. The third kappa shape index (κ3) is 3.15. The van der Waals surface area contributed by atoms with Crippen LogP contribution in [-0.4, -0.2) is 18.3 Å². The van der Waals surface area contributed by atoms with E-state index in [9.17, 15) is 9.50 Å². The molecule has 0 aliphatic carbocycles. The summed E-state index contributed by atoms with van der Waals surface area (Å²) in [6.07, 6.45) is -0.488. The minimum Gasteiger partial charge on any atom is -0.494 e. The van der Waals surface area contributed by atoms with Crippen LogP contribution in [-0.2, 0) is 6.42 Å². The number of methoxy groups -OCH3 is 1. The summed E-state index contributed by atoms with van der Waals surface area (Å²) < 4.78 is 19.0. The molecule has 0 saturated heterocycles. The van der Waals surface area contributed by atoms with Gasteiger partial charge in [0.05, 0.1) is 19.3 Å². The maximum absolute atomic E-state index is 14.1. The van der Waals surface area contributed by atoms with Crippen molar-refractivity contribution in [1.82, 2.24) is 0 Å². The Labute approximate surface area is 117 Å². The number of rotatable bonds is 5. The molecule has 0 heterocycles. The molecule has 4 heteroatoms. The van der Waals surface area contributed by atoms with E-state index in [4.69, 9.17) is 10.5 Å². The van der Waals surface area contributed by atoms with Gasteiger partial charge < -0.3 is 15.6 Å². The van der Waals surface area contributed by atoms with Crippen molar-refractivity contribution in [2.75, 3.05) is 7.11 Å². The smallest absolute Gasteiger partial charge is 0.169 e. The molecule has 0 spiro atoms. The lowest BCUT2D eigenvalue weighted by Gasteiger charge is -2.20. The van der Waals surface area contributed by atoms with Crippen molar-refractivity contribution < 1.29 is 14.2 Å². The van der Waals surface area contributed by atoms with E-state index in [-0.39, 0.29) is 11.3 Å². The monoisotopic (exact) mass is 275 g/mol. The summed E-state index contributed by atoms with van der Waals surface area (Å²) in [7, 11) is 1.40. The lowest BCUT2D eigenvalue weighted by atomic mass is 9.96. The molecule has 0 radical (unpaired) electrons. The average molecular weight is 275 g/mol. The van der Waals surface area contributed by atoms with Crippen molar-refractivity contribution in [3.05, 3.63) is 65.5 Å². The van der Waals surface area contributed by atoms with Gasteiger partial charge in [-0.05, 0) is 11.6 Å². The second-order valence-electron chi connectivity index (χ2n) is 4.65. The van der Waals surface area contributed by atoms with E-state index in [1.54, 1.807) is 12.1 Å². The van der Waals surface area contributed by atoms with Crippen LogP contribution in [0.3, 0.4) is 0 Å². The molecular formula is C16H18FNO2. The first-order valence-electron chi connectivity index (χ1n) is 6.43. The maximum atomic E-state index is 14.1. The van der Waals surface area contributed by atoms with Crippen LogP contribution in [0, 0.1) is 5.82 Å². The van der Waals surface area contributed by atoms with Crippen LogP contribution in [0.1, 0.15) is 17.2 Å². The molecule has 2 rings (SSSR count). The average Bonchev–Trinajstić information content (AvgIpc) is 2.48. The summed E-state index contributed by atoms with van der Waals surface area (Å²) in [5.74, 6) is -0.389. The molecule has 2 aromatic rings. The molecule has 3 nitrogen and oxygen atoms in total. The van der Waals surface area contributed by atoms with Crippen LogP contribution >= 0.6 is 0 Å². The number of aliphatic hydroxyl groups is 1. The van der Waals surface area contributed by atoms with Gasteiger partial charge in [-0.1, -0.05) is 42.5 Å². The Bertz CT molecular complexity index is 560. The molecular weight excluding hydrogens is 257 g/mol. The highest BCUT2D eigenvalue weighted by Gasteiger charge is 2.22. The lowest BCUT2D eigenvalue weighted by molar-refractivity contribution is 0.143. The Morgan fingerprint density at radius 2 is 1.85 bits per heavy atom. The van der Waals surface area contributed by atoms with Gasteiger partial charge in [-0.25, -0.2) is 4.39 Å². The highest BCUT2D eigenvalue weighted by Crippen LogP contribution is 2.26. The minimum absolute atomic E-state index is 0.130. The lowest BCUT2D eigenvalue weighted by Crippen LogP contribution is -2.29. The van der Waals surface area contributed by atoms with Crippen LogP contribution in [0.4, 0.5) is 4.39 Å². The van der Waals surface area contributed by atoms with Crippen molar-refractivity contribution in [1.29, 1.82) is 0 Å². The molecule has 2 atom stereocenters. The molecule has 0 aliphatic heterocycles. The first-order valence-corrected chi connectivity index (χ1v) is 6.43. The number of aliphatic hydroxyl groups excluding tert-OH is 1. The van der Waals surface area contributed by atoms with Gasteiger partial charge in [0.2, 0.25) is 0 Å². The van der Waals surface area contributed by atoms with E-state index in [0.717, 1.165) is 5.56 Å². The summed E-state index contributed by atoms with van der Waals surface area (Å²) in [4.78, 5) is 0. The molecule has 0 aliphatic rings. The number of ether oxygens (including phenoxy) is 1. The normalized spacial score (nSPS) is 13.8. The van der Waals surface area contributed by atoms with E-state index in [1.165, 1.54) is 13.2 Å². The first kappa shape index (κ1) is 14.5. The third-order valence-electron chi connectivity index (χ3n) is 3.27. The van der Waals surface area contributed by atoms with Crippen molar-refractivity contribution in [2.24, 2.45) is 5.73 Å². The molecule has 0 saturated carbocycles. The molecule has 3 N–H and O–H groups in total. The maximum Gasteiger partial charge on any atom is 0.169 e. The van der Waals surface area contributed by atoms with Gasteiger partial charge >= 0.3 is 0 Å². The molecule has 0 bridgehead atoms. The van der Waals surface area contributed by atoms with Gasteiger partial charge in [0.15, 0.2) is 11.6 Å². The Morgan fingerprint density at radius 1 is 1.15 bits per heavy atom. The van der Waals surface area contributed by atoms with Gasteiger partial charge in [-0.3, -0.25) is 0 Å². The highest BCUT2D eigenvalue weighted by atomic mass is 19.1. The van der Waals surface area contributed by atoms with E-state index >= 15 is 0 Å². The van der Waals surface area contributed by atoms with E-state index in [1.807, 2.05) is 30.3 Å². The van der Waals surface area contributed by atoms with Gasteiger partial charge in [0, 0.05) is 12.0 Å². The van der Waals surface area contributed by atoms with Crippen LogP contribution in [0.15, 0.2) is 48.5 Å². The third-order valence-corrected chi connectivity index (χ3v) is 3.27. The second-order valence-corrected chi connectivity index (χ2v) is 4.65. The summed E-state index contributed by atoms with van der Waals surface area (Å²) in [5, 5.41) is 10.2. The fraction of sp³-hybridized carbons (Fsp3) is 0.250. The van der Waals surface area contributed by atoms with Gasteiger partial charge in [-0.2, -0.15) is 0 Å². The van der Waals surface area contributed by atoms with Crippen LogP contribution < -0.4 is 10.5 Å². The zero-order valence-electron chi connectivity index (χ0n) is 11.3. The predicted octanol–water partition coefficient (Wildman–Crippen LogP) is 2.44. The predicted molar refractivity (Wildman–Crippen MR) is 76.0 cm³/mol. The summed E-state index contributed by atoms with van der Waals surface area (Å²) in [5.41, 5.74) is 7.18. The summed E-state index contributed by atoms with van der Waals surface area (Å²) in [6, 6.07) is 13.4. The van der Waals surface area contributed by atoms with Gasteiger partial charge in [-0.15, -0.1) is 0 Å². The number of hydrogen-bond donors (Lipinski definition) is 2. The van der Waals surface area contributed by atoms with Crippen molar-refractivity contribution in [3.8, 4) is 5.75 Å². The fourth-order valence-corrected chi connectivity index (χ4v) is 2.13. The van der Waals surface area contributed by atoms with Crippen LogP contribution in [0.2, 0.25) is 0 Å². The number of halogens is 1. The number of hydrogen-bond acceptors (Lipinski definition) is 3. The summed E-state index contributed by atoms with van der Waals surface area (Å²) in [6.45, 7) is 0. The van der Waals surface area contributed by atoms with Crippen LogP contribution in [0.25, 0.3) is 0 Å². The second kappa shape index (κ2) is 6.50. The topological polar surface area (TPSA) is 55.5 Å². The van der Waals surface area contributed by atoms with Gasteiger partial charge in [0.1, 0.15) is 0 Å². The van der Waals surface area contributed by atoms with E-state index in [0.29, 0.717) is 6.42 Å². The number of nitrogens with two attached hydrogens (primary N) is 1. The summed E-state index contributed by atoms with van der Waals surface area (Å²) >= 11 is 0. The Balaban J connectivity index is 2.16. The highest BCUT2D eigenvalue weighted by molar-refractivity contribution is 5.33. The zero-order valence-corrected chi connectivity index (χ0v) is 11.3. The van der Waals surface area contributed by atoms with Crippen molar-refractivity contribution >= 4 is 0 Å². The first-order chi connectivity index (χ1) is 9.63. The standard InChI is InChI=1S/C16H18FNO2/c1-20-14-9-5-8-12(15(14)17)16(18)13(19)10-11-6-3-2-4-7-11/h2-9,13,16,19H,10,18H2,1H3/t13-,16+/m1/s1. The Hall–Kier alpha value is -1.91. The van der Waals surface area contributed by atoms with Crippen LogP contribution in [0.5, 0.6) is 5.75 Å². The molecule has 20 heavy (non-hydrogen) atoms. The fourth-order valence-electron chi connectivity index (χ4n) is 2.13. The van der Waals surface area contributed by atoms with Crippen molar-refractivity contribution in [3.63, 3.8) is 0 Å². The molecule has 0 aromatic heterocycles. The number of benzene rings is 2. The molecule has 0 fully saturated rings. The Kier molecular flexibility index (Phi) is 4.71. The molecule has 2 aromatic carbocycles. The molecule has 106 valence electrons. The van der Waals surface area contributed by atoms with Crippen molar-refractivity contribution in [2.45, 2.75) is 18.6 Å².